The average molecular weight is 601 g/mol. The first kappa shape index (κ1) is 31.1. The molecule has 2 aromatic rings. The number of hydrogen-bond acceptors (Lipinski definition) is 6. The minimum Gasteiger partial charge on any atom is -0.431 e. The average Bonchev–Trinajstić information content (AvgIpc) is 3.17. The van der Waals surface area contributed by atoms with Crippen molar-refractivity contribution in [3.63, 3.8) is 0 Å². The molecule has 0 spiro atoms. The molecule has 1 N–H and O–H groups in total. The number of nitrogens with zero attached hydrogens (tertiary/aromatic N) is 3. The number of sulfone groups is 1. The van der Waals surface area contributed by atoms with Crippen LogP contribution in [0.5, 0.6) is 5.75 Å². The summed E-state index contributed by atoms with van der Waals surface area (Å²) in [5.74, 6) is -2.86. The van der Waals surface area contributed by atoms with Crippen LogP contribution in [-0.4, -0.2) is 59.7 Å². The van der Waals surface area contributed by atoms with Crippen molar-refractivity contribution >= 4 is 27.3 Å². The molecule has 1 fully saturated rings. The molecule has 3 rings (SSSR count). The van der Waals surface area contributed by atoms with E-state index in [0.29, 0.717) is 25.7 Å². The molecule has 0 aromatic carbocycles. The number of alkyl halides is 5. The number of amides is 1. The highest BCUT2D eigenvalue weighted by atomic mass is 35.5. The lowest BCUT2D eigenvalue weighted by Gasteiger charge is -2.27. The molecule has 0 aliphatic heterocycles. The van der Waals surface area contributed by atoms with Crippen LogP contribution in [0.1, 0.15) is 61.4 Å². The van der Waals surface area contributed by atoms with Gasteiger partial charge in [0.2, 0.25) is 0 Å². The molecule has 1 aliphatic rings. The second kappa shape index (κ2) is 12.4. The summed E-state index contributed by atoms with van der Waals surface area (Å²) < 4.78 is 94.6. The first-order chi connectivity index (χ1) is 18.1. The summed E-state index contributed by atoms with van der Waals surface area (Å²) in [5, 5.41) is 2.13. The first-order valence-corrected chi connectivity index (χ1v) is 14.7. The summed E-state index contributed by atoms with van der Waals surface area (Å²) in [7, 11) is -3.12. The fourth-order valence-electron chi connectivity index (χ4n) is 4.54. The van der Waals surface area contributed by atoms with Crippen LogP contribution >= 0.6 is 11.6 Å². The van der Waals surface area contributed by atoms with E-state index in [9.17, 15) is 35.2 Å². The van der Waals surface area contributed by atoms with Crippen molar-refractivity contribution < 1.29 is 39.9 Å². The van der Waals surface area contributed by atoms with Crippen molar-refractivity contribution in [2.75, 3.05) is 12.8 Å². The monoisotopic (exact) mass is 600 g/mol. The standard InChI is InChI=1S/C24H30ClF5N4O4S/c1-4-18-33-19(22(35)32-11-14-5-7-16(8-6-14)39(3,36)37)20(25)34(18)21-17(38-23(26)27)10-15(12-31-21)9-13(2)24(28,29)30/h10,12-14,16,23H,4-9,11H2,1-3H3,(H,32,35)/t13-,14-,16+/m1/s1. The Kier molecular flexibility index (Phi) is 9.84. The molecule has 0 bridgehead atoms. The van der Waals surface area contributed by atoms with Crippen LogP contribution in [0.2, 0.25) is 5.15 Å². The van der Waals surface area contributed by atoms with Gasteiger partial charge in [0.15, 0.2) is 17.3 Å². The number of pyridine rings is 1. The molecular weight excluding hydrogens is 571 g/mol. The quantitative estimate of drug-likeness (QED) is 0.378. The van der Waals surface area contributed by atoms with Crippen molar-refractivity contribution in [3.8, 4) is 11.6 Å². The van der Waals surface area contributed by atoms with E-state index in [1.54, 1.807) is 6.92 Å². The number of rotatable bonds is 10. The molecule has 0 saturated heterocycles. The van der Waals surface area contributed by atoms with Crippen molar-refractivity contribution in [3.05, 3.63) is 34.5 Å². The zero-order valence-corrected chi connectivity index (χ0v) is 23.1. The topological polar surface area (TPSA) is 103 Å². The molecule has 1 aliphatic carbocycles. The molecule has 1 amide bonds. The van der Waals surface area contributed by atoms with Crippen LogP contribution in [0, 0.1) is 11.8 Å². The van der Waals surface area contributed by atoms with Crippen molar-refractivity contribution in [2.45, 2.75) is 70.4 Å². The zero-order chi connectivity index (χ0) is 29.1. The van der Waals surface area contributed by atoms with Gasteiger partial charge in [-0.1, -0.05) is 25.4 Å². The molecule has 1 saturated carbocycles. The van der Waals surface area contributed by atoms with E-state index in [0.717, 1.165) is 23.8 Å². The number of aromatic nitrogens is 3. The number of halogens is 6. The van der Waals surface area contributed by atoms with Crippen LogP contribution in [0.4, 0.5) is 22.0 Å². The van der Waals surface area contributed by atoms with Gasteiger partial charge in [-0.05, 0) is 49.7 Å². The van der Waals surface area contributed by atoms with E-state index in [1.807, 2.05) is 0 Å². The van der Waals surface area contributed by atoms with Gasteiger partial charge in [0, 0.05) is 25.4 Å². The predicted octanol–water partition coefficient (Wildman–Crippen LogP) is 5.16. The number of hydrogen-bond donors (Lipinski definition) is 1. The molecule has 2 aromatic heterocycles. The Balaban J connectivity index is 1.83. The van der Waals surface area contributed by atoms with Crippen molar-refractivity contribution in [2.24, 2.45) is 11.8 Å². The second-order valence-corrected chi connectivity index (χ2v) is 12.4. The Bertz CT molecular complexity index is 1280. The first-order valence-electron chi connectivity index (χ1n) is 12.4. The summed E-state index contributed by atoms with van der Waals surface area (Å²) >= 11 is 6.46. The normalized spacial score (nSPS) is 19.2. The maximum atomic E-state index is 13.2. The van der Waals surface area contributed by atoms with Crippen LogP contribution in [-0.2, 0) is 22.7 Å². The van der Waals surface area contributed by atoms with E-state index in [-0.39, 0.29) is 52.2 Å². The molecule has 39 heavy (non-hydrogen) atoms. The summed E-state index contributed by atoms with van der Waals surface area (Å²) in [4.78, 5) is 21.2. The summed E-state index contributed by atoms with van der Waals surface area (Å²) in [6.45, 7) is -0.381. The van der Waals surface area contributed by atoms with Crippen molar-refractivity contribution in [1.82, 2.24) is 19.9 Å². The molecular formula is C24H30ClF5N4O4S. The zero-order valence-electron chi connectivity index (χ0n) is 21.6. The minimum absolute atomic E-state index is 0.0251. The highest BCUT2D eigenvalue weighted by Crippen LogP contribution is 2.34. The van der Waals surface area contributed by atoms with Gasteiger partial charge in [-0.2, -0.15) is 22.0 Å². The third-order valence-corrected chi connectivity index (χ3v) is 8.82. The highest BCUT2D eigenvalue weighted by Gasteiger charge is 2.36. The van der Waals surface area contributed by atoms with Gasteiger partial charge in [0.1, 0.15) is 20.8 Å². The fourth-order valence-corrected chi connectivity index (χ4v) is 5.97. The molecule has 1 atom stereocenters. The van der Waals surface area contributed by atoms with Gasteiger partial charge in [0.05, 0.1) is 11.2 Å². The van der Waals surface area contributed by atoms with Gasteiger partial charge < -0.3 is 10.1 Å². The minimum atomic E-state index is -4.49. The molecule has 0 unspecified atom stereocenters. The lowest BCUT2D eigenvalue weighted by Crippen LogP contribution is -2.34. The van der Waals surface area contributed by atoms with Crippen LogP contribution < -0.4 is 10.1 Å². The van der Waals surface area contributed by atoms with Crippen LogP contribution in [0.25, 0.3) is 5.82 Å². The van der Waals surface area contributed by atoms with E-state index in [4.69, 9.17) is 11.6 Å². The van der Waals surface area contributed by atoms with Gasteiger partial charge >= 0.3 is 12.8 Å². The second-order valence-electron chi connectivity index (χ2n) is 9.73. The van der Waals surface area contributed by atoms with Crippen LogP contribution in [0.3, 0.4) is 0 Å². The van der Waals surface area contributed by atoms with E-state index < -0.39 is 46.6 Å². The summed E-state index contributed by atoms with van der Waals surface area (Å²) in [5.41, 5.74) is -0.157. The molecule has 8 nitrogen and oxygen atoms in total. The van der Waals surface area contributed by atoms with E-state index in [2.05, 4.69) is 20.0 Å². The number of ether oxygens (including phenoxy) is 1. The van der Waals surface area contributed by atoms with Gasteiger partial charge in [-0.15, -0.1) is 0 Å². The third kappa shape index (κ3) is 7.80. The van der Waals surface area contributed by atoms with Crippen molar-refractivity contribution in [1.29, 1.82) is 0 Å². The Hall–Kier alpha value is -2.48. The molecule has 0 radical (unpaired) electrons. The molecule has 218 valence electrons. The maximum absolute atomic E-state index is 13.2. The van der Waals surface area contributed by atoms with Gasteiger partial charge in [-0.3, -0.25) is 9.36 Å². The highest BCUT2D eigenvalue weighted by molar-refractivity contribution is 7.91. The Labute approximate surface area is 228 Å². The Morgan fingerprint density at radius 3 is 2.44 bits per heavy atom. The summed E-state index contributed by atoms with van der Waals surface area (Å²) in [6.07, 6.45) is -0.197. The van der Waals surface area contributed by atoms with E-state index >= 15 is 0 Å². The predicted molar refractivity (Wildman–Crippen MR) is 134 cm³/mol. The molecule has 2 heterocycles. The van der Waals surface area contributed by atoms with Gasteiger partial charge in [0.25, 0.3) is 5.91 Å². The number of carbonyl (C=O) groups is 1. The third-order valence-electron chi connectivity index (χ3n) is 6.79. The largest absolute Gasteiger partial charge is 0.431 e. The summed E-state index contributed by atoms with van der Waals surface area (Å²) in [6, 6.07) is 1.04. The molecule has 15 heteroatoms. The van der Waals surface area contributed by atoms with Crippen LogP contribution in [0.15, 0.2) is 12.3 Å². The SMILES string of the molecule is CCc1nc(C(=O)NC[C@H]2CC[C@@H](S(C)(=O)=O)CC2)c(Cl)n1-c1ncc(C[C@@H](C)C(F)(F)F)cc1OC(F)F. The lowest BCUT2D eigenvalue weighted by atomic mass is 9.89. The van der Waals surface area contributed by atoms with E-state index in [1.165, 1.54) is 6.26 Å². The number of aryl methyl sites for hydroxylation is 1. The smallest absolute Gasteiger partial charge is 0.391 e. The number of carbonyl (C=O) groups excluding carboxylic acids is 1. The maximum Gasteiger partial charge on any atom is 0.391 e. The number of nitrogens with one attached hydrogen (secondary N) is 1. The lowest BCUT2D eigenvalue weighted by molar-refractivity contribution is -0.169. The Morgan fingerprint density at radius 2 is 1.90 bits per heavy atom. The number of imidazole rings is 1. The Morgan fingerprint density at radius 1 is 1.26 bits per heavy atom. The fraction of sp³-hybridized carbons (Fsp3) is 0.625. The van der Waals surface area contributed by atoms with Gasteiger partial charge in [-0.25, -0.2) is 18.4 Å².